The first-order valence-corrected chi connectivity index (χ1v) is 12.6. The van der Waals surface area contributed by atoms with Crippen LogP contribution in [0.1, 0.15) is 16.8 Å². The molecule has 2 aromatic carbocycles. The zero-order valence-electron chi connectivity index (χ0n) is 17.8. The lowest BCUT2D eigenvalue weighted by molar-refractivity contribution is 0.0986. The number of nitrogens with zero attached hydrogens (tertiary/aromatic N) is 3. The second-order valence-electron chi connectivity index (χ2n) is 7.34. The van der Waals surface area contributed by atoms with Gasteiger partial charge < -0.3 is 9.64 Å². The summed E-state index contributed by atoms with van der Waals surface area (Å²) in [5.41, 5.74) is 0.871. The molecule has 0 bridgehead atoms. The van der Waals surface area contributed by atoms with Crippen molar-refractivity contribution in [3.8, 4) is 5.75 Å². The maximum atomic E-state index is 13.4. The molecule has 0 saturated heterocycles. The highest BCUT2D eigenvalue weighted by Gasteiger charge is 2.24. The lowest BCUT2D eigenvalue weighted by Gasteiger charge is -2.21. The molecule has 1 heterocycles. The van der Waals surface area contributed by atoms with Gasteiger partial charge in [-0.1, -0.05) is 29.0 Å². The number of fused-ring (bicyclic) bond motifs is 1. The van der Waals surface area contributed by atoms with Crippen LogP contribution in [0.15, 0.2) is 41.3 Å². The van der Waals surface area contributed by atoms with Gasteiger partial charge in [0.15, 0.2) is 15.0 Å². The molecule has 31 heavy (non-hydrogen) atoms. The molecule has 10 heteroatoms. The summed E-state index contributed by atoms with van der Waals surface area (Å²) in [5, 5.41) is 1.01. The Hall–Kier alpha value is -2.20. The first-order valence-electron chi connectivity index (χ1n) is 9.51. The Bertz CT molecular complexity index is 1210. The average molecular weight is 482 g/mol. The van der Waals surface area contributed by atoms with E-state index < -0.39 is 9.84 Å². The maximum absolute atomic E-state index is 13.4. The molecular weight excluding hydrogens is 458 g/mol. The number of rotatable bonds is 8. The number of aromatic nitrogens is 1. The Labute approximate surface area is 191 Å². The van der Waals surface area contributed by atoms with Crippen LogP contribution in [0.5, 0.6) is 5.75 Å². The molecule has 0 atom stereocenters. The Morgan fingerprint density at radius 2 is 1.94 bits per heavy atom. The van der Waals surface area contributed by atoms with Gasteiger partial charge in [-0.3, -0.25) is 9.69 Å². The highest BCUT2D eigenvalue weighted by Crippen LogP contribution is 2.39. The van der Waals surface area contributed by atoms with E-state index in [4.69, 9.17) is 16.3 Å². The second kappa shape index (κ2) is 9.52. The number of ether oxygens (including phenoxy) is 1. The Kier molecular flexibility index (Phi) is 7.20. The van der Waals surface area contributed by atoms with Gasteiger partial charge in [0, 0.05) is 18.4 Å². The average Bonchev–Trinajstić information content (AvgIpc) is 3.16. The zero-order valence-corrected chi connectivity index (χ0v) is 20.1. The molecule has 0 aliphatic rings. The summed E-state index contributed by atoms with van der Waals surface area (Å²) in [4.78, 5) is 21.8. The molecule has 3 aromatic rings. The molecule has 0 aliphatic carbocycles. The smallest absolute Gasteiger partial charge is 0.260 e. The van der Waals surface area contributed by atoms with Crippen molar-refractivity contribution in [3.63, 3.8) is 0 Å². The predicted octanol–water partition coefficient (Wildman–Crippen LogP) is 3.96. The standard InChI is InChI=1S/C21H24ClN3O4S2/c1-24(2)11-6-12-25(20(26)14-7-5-8-15(13-14)31(4,27)28)21-23-18-17(29-3)10-9-16(22)19(18)30-21/h5,7-10,13H,6,11-12H2,1-4H3. The molecule has 1 aromatic heterocycles. The van der Waals surface area contributed by atoms with Crippen LogP contribution in [0.2, 0.25) is 5.02 Å². The minimum Gasteiger partial charge on any atom is -0.494 e. The number of amides is 1. The van der Waals surface area contributed by atoms with Crippen molar-refractivity contribution in [2.45, 2.75) is 11.3 Å². The SMILES string of the molecule is COc1ccc(Cl)c2sc(N(CCCN(C)C)C(=O)c3cccc(S(C)(=O)=O)c3)nc12. The fraction of sp³-hybridized carbons (Fsp3) is 0.333. The van der Waals surface area contributed by atoms with Crippen molar-refractivity contribution in [2.24, 2.45) is 0 Å². The number of carbonyl (C=O) groups is 1. The number of carbonyl (C=O) groups excluding carboxylic acids is 1. The van der Waals surface area contributed by atoms with Crippen LogP contribution in [0.25, 0.3) is 10.2 Å². The van der Waals surface area contributed by atoms with E-state index in [0.29, 0.717) is 34.4 Å². The van der Waals surface area contributed by atoms with Crippen LogP contribution < -0.4 is 9.64 Å². The van der Waals surface area contributed by atoms with Crippen molar-refractivity contribution < 1.29 is 17.9 Å². The van der Waals surface area contributed by atoms with E-state index in [1.54, 1.807) is 36.3 Å². The van der Waals surface area contributed by atoms with E-state index in [-0.39, 0.29) is 16.4 Å². The van der Waals surface area contributed by atoms with Gasteiger partial charge in [-0.15, -0.1) is 0 Å². The maximum Gasteiger partial charge on any atom is 0.260 e. The third-order valence-corrected chi connectivity index (χ3v) is 7.29. The highest BCUT2D eigenvalue weighted by molar-refractivity contribution is 7.90. The van der Waals surface area contributed by atoms with Gasteiger partial charge in [0.05, 0.1) is 21.7 Å². The summed E-state index contributed by atoms with van der Waals surface area (Å²) in [6, 6.07) is 9.53. The normalized spacial score (nSPS) is 11.8. The van der Waals surface area contributed by atoms with Crippen LogP contribution in [0.3, 0.4) is 0 Å². The van der Waals surface area contributed by atoms with Crippen LogP contribution >= 0.6 is 22.9 Å². The van der Waals surface area contributed by atoms with Crippen LogP contribution in [-0.2, 0) is 9.84 Å². The number of hydrogen-bond donors (Lipinski definition) is 0. The second-order valence-corrected chi connectivity index (χ2v) is 10.7. The first kappa shape index (κ1) is 23.5. The minimum atomic E-state index is -3.44. The van der Waals surface area contributed by atoms with Gasteiger partial charge in [0.25, 0.3) is 5.91 Å². The molecule has 1 amide bonds. The first-order chi connectivity index (χ1) is 14.6. The van der Waals surface area contributed by atoms with Gasteiger partial charge in [-0.05, 0) is 57.4 Å². The number of hydrogen-bond acceptors (Lipinski definition) is 7. The number of benzene rings is 2. The molecule has 0 radical (unpaired) electrons. The molecule has 3 rings (SSSR count). The molecule has 7 nitrogen and oxygen atoms in total. The van der Waals surface area contributed by atoms with Crippen molar-refractivity contribution >= 4 is 54.0 Å². The van der Waals surface area contributed by atoms with Crippen LogP contribution in [0, 0.1) is 0 Å². The van der Waals surface area contributed by atoms with Gasteiger partial charge >= 0.3 is 0 Å². The molecule has 0 N–H and O–H groups in total. The molecule has 0 saturated carbocycles. The molecule has 166 valence electrons. The third kappa shape index (κ3) is 5.35. The Morgan fingerprint density at radius 1 is 1.19 bits per heavy atom. The zero-order chi connectivity index (χ0) is 22.8. The van der Waals surface area contributed by atoms with Gasteiger partial charge in [0.2, 0.25) is 0 Å². The largest absolute Gasteiger partial charge is 0.494 e. The van der Waals surface area contributed by atoms with Gasteiger partial charge in [0.1, 0.15) is 11.3 Å². The van der Waals surface area contributed by atoms with E-state index in [1.165, 1.54) is 23.5 Å². The number of halogens is 1. The molecule has 0 fully saturated rings. The van der Waals surface area contributed by atoms with E-state index in [1.807, 2.05) is 19.0 Å². The highest BCUT2D eigenvalue weighted by atomic mass is 35.5. The number of anilines is 1. The lowest BCUT2D eigenvalue weighted by Crippen LogP contribution is -2.33. The summed E-state index contributed by atoms with van der Waals surface area (Å²) in [6.07, 6.45) is 1.83. The molecule has 0 unspecified atom stereocenters. The Balaban J connectivity index is 2.06. The number of sulfone groups is 1. The predicted molar refractivity (Wildman–Crippen MR) is 126 cm³/mol. The summed E-state index contributed by atoms with van der Waals surface area (Å²) >= 11 is 7.66. The van der Waals surface area contributed by atoms with E-state index in [9.17, 15) is 13.2 Å². The van der Waals surface area contributed by atoms with Crippen LogP contribution in [-0.4, -0.2) is 64.8 Å². The quantitative estimate of drug-likeness (QED) is 0.484. The topological polar surface area (TPSA) is 79.8 Å². The van der Waals surface area contributed by atoms with Gasteiger partial charge in [-0.2, -0.15) is 0 Å². The monoisotopic (exact) mass is 481 g/mol. The Morgan fingerprint density at radius 3 is 2.58 bits per heavy atom. The number of methoxy groups -OCH3 is 1. The summed E-state index contributed by atoms with van der Waals surface area (Å²) in [5.74, 6) is 0.250. The van der Waals surface area contributed by atoms with Crippen molar-refractivity contribution in [2.75, 3.05) is 45.5 Å². The summed E-state index contributed by atoms with van der Waals surface area (Å²) in [7, 11) is 2.04. The number of thiazole rings is 1. The van der Waals surface area contributed by atoms with E-state index in [0.717, 1.165) is 17.5 Å². The van der Waals surface area contributed by atoms with Crippen molar-refractivity contribution in [1.29, 1.82) is 0 Å². The molecule has 0 aliphatic heterocycles. The molecule has 0 spiro atoms. The minimum absolute atomic E-state index is 0.0978. The fourth-order valence-corrected chi connectivity index (χ4v) is 5.01. The fourth-order valence-electron chi connectivity index (χ4n) is 3.07. The third-order valence-electron chi connectivity index (χ3n) is 4.64. The lowest BCUT2D eigenvalue weighted by atomic mass is 10.2. The molecular formula is C21H24ClN3O4S2. The van der Waals surface area contributed by atoms with E-state index >= 15 is 0 Å². The van der Waals surface area contributed by atoms with Crippen molar-refractivity contribution in [1.82, 2.24) is 9.88 Å². The summed E-state index contributed by atoms with van der Waals surface area (Å²) < 4.78 is 30.0. The van der Waals surface area contributed by atoms with Crippen molar-refractivity contribution in [3.05, 3.63) is 47.0 Å². The van der Waals surface area contributed by atoms with Crippen LogP contribution in [0.4, 0.5) is 5.13 Å². The van der Waals surface area contributed by atoms with Gasteiger partial charge in [-0.25, -0.2) is 13.4 Å². The van der Waals surface area contributed by atoms with E-state index in [2.05, 4.69) is 4.98 Å². The summed E-state index contributed by atoms with van der Waals surface area (Å²) in [6.45, 7) is 1.20.